The summed E-state index contributed by atoms with van der Waals surface area (Å²) in [5.74, 6) is -0.0817. The minimum atomic E-state index is -0.0703. The van der Waals surface area contributed by atoms with Gasteiger partial charge in [0.05, 0.1) is 11.8 Å². The maximum absolute atomic E-state index is 11.7. The summed E-state index contributed by atoms with van der Waals surface area (Å²) in [6.45, 7) is 3.92. The van der Waals surface area contributed by atoms with E-state index in [4.69, 9.17) is 0 Å². The molecule has 0 aromatic heterocycles. The van der Waals surface area contributed by atoms with E-state index < -0.39 is 0 Å². The van der Waals surface area contributed by atoms with Gasteiger partial charge in [-0.3, -0.25) is 14.5 Å². The van der Waals surface area contributed by atoms with Crippen LogP contribution in [0.4, 0.5) is 0 Å². The molecule has 2 rings (SSSR count). The number of likely N-dealkylation sites (tertiary alicyclic amines) is 1. The average Bonchev–Trinajstić information content (AvgIpc) is 2.66. The molecule has 0 bridgehead atoms. The standard InChI is InChI=1S/C9H14N2O2/c1-2-3-11-8(12)6-4-10-5-7(6)9(11)13/h6-7,10H,2-5H2,1H3/t6-,7+. The topological polar surface area (TPSA) is 49.4 Å². The molecule has 4 heteroatoms. The van der Waals surface area contributed by atoms with E-state index in [1.165, 1.54) is 4.90 Å². The number of hydrogen-bond acceptors (Lipinski definition) is 3. The van der Waals surface area contributed by atoms with Crippen molar-refractivity contribution in [3.8, 4) is 0 Å². The number of nitrogens with one attached hydrogen (secondary N) is 1. The molecule has 0 unspecified atom stereocenters. The molecule has 0 radical (unpaired) electrons. The molecule has 72 valence electrons. The van der Waals surface area contributed by atoms with Gasteiger partial charge in [0, 0.05) is 19.6 Å². The Balaban J connectivity index is 2.16. The van der Waals surface area contributed by atoms with Gasteiger partial charge in [0.2, 0.25) is 11.8 Å². The number of fused-ring (bicyclic) bond motifs is 1. The second-order valence-electron chi connectivity index (χ2n) is 3.70. The lowest BCUT2D eigenvalue weighted by molar-refractivity contribution is -0.140. The molecule has 13 heavy (non-hydrogen) atoms. The van der Waals surface area contributed by atoms with E-state index in [0.717, 1.165) is 6.42 Å². The Hall–Kier alpha value is -0.900. The first-order chi connectivity index (χ1) is 6.25. The first-order valence-electron chi connectivity index (χ1n) is 4.81. The van der Waals surface area contributed by atoms with E-state index in [9.17, 15) is 9.59 Å². The zero-order valence-electron chi connectivity index (χ0n) is 7.75. The highest BCUT2D eigenvalue weighted by atomic mass is 16.2. The highest BCUT2D eigenvalue weighted by molar-refractivity contribution is 6.05. The summed E-state index contributed by atoms with van der Waals surface area (Å²) in [5, 5.41) is 3.08. The summed E-state index contributed by atoms with van der Waals surface area (Å²) >= 11 is 0. The fraction of sp³-hybridized carbons (Fsp3) is 0.778. The van der Waals surface area contributed by atoms with Crippen LogP contribution in [-0.4, -0.2) is 36.3 Å². The second-order valence-corrected chi connectivity index (χ2v) is 3.70. The van der Waals surface area contributed by atoms with Crippen LogP contribution in [-0.2, 0) is 9.59 Å². The van der Waals surface area contributed by atoms with Crippen molar-refractivity contribution in [1.29, 1.82) is 0 Å². The molecule has 2 amide bonds. The molecule has 2 aliphatic heterocycles. The van der Waals surface area contributed by atoms with E-state index in [1.54, 1.807) is 0 Å². The van der Waals surface area contributed by atoms with Gasteiger partial charge in [-0.15, -0.1) is 0 Å². The summed E-state index contributed by atoms with van der Waals surface area (Å²) in [7, 11) is 0. The molecule has 0 aromatic rings. The number of amides is 2. The molecule has 4 nitrogen and oxygen atoms in total. The molecule has 0 aromatic carbocycles. The first kappa shape index (κ1) is 8.69. The summed E-state index contributed by atoms with van der Waals surface area (Å²) < 4.78 is 0. The first-order valence-corrected chi connectivity index (χ1v) is 4.81. The van der Waals surface area contributed by atoms with Crippen LogP contribution in [0, 0.1) is 11.8 Å². The third-order valence-corrected chi connectivity index (χ3v) is 2.83. The van der Waals surface area contributed by atoms with Crippen molar-refractivity contribution < 1.29 is 9.59 Å². The van der Waals surface area contributed by atoms with Crippen molar-refractivity contribution in [2.24, 2.45) is 11.8 Å². The SMILES string of the molecule is CCCN1C(=O)[C@H]2CNC[C@H]2C1=O. The Morgan fingerprint density at radius 1 is 1.31 bits per heavy atom. The summed E-state index contributed by atoms with van der Waals surface area (Å²) in [6.07, 6.45) is 0.852. The van der Waals surface area contributed by atoms with Gasteiger partial charge in [0.15, 0.2) is 0 Å². The molecule has 2 heterocycles. The van der Waals surface area contributed by atoms with Crippen LogP contribution in [0.25, 0.3) is 0 Å². The van der Waals surface area contributed by atoms with E-state index in [0.29, 0.717) is 19.6 Å². The van der Waals surface area contributed by atoms with E-state index in [-0.39, 0.29) is 23.7 Å². The molecule has 1 N–H and O–H groups in total. The van der Waals surface area contributed by atoms with Gasteiger partial charge in [-0.05, 0) is 6.42 Å². The fourth-order valence-corrected chi connectivity index (χ4v) is 2.15. The third kappa shape index (κ3) is 1.16. The fourth-order valence-electron chi connectivity index (χ4n) is 2.15. The number of nitrogens with zero attached hydrogens (tertiary/aromatic N) is 1. The van der Waals surface area contributed by atoms with E-state index >= 15 is 0 Å². The molecule has 2 atom stereocenters. The van der Waals surface area contributed by atoms with Gasteiger partial charge in [-0.1, -0.05) is 6.92 Å². The van der Waals surface area contributed by atoms with E-state index in [2.05, 4.69) is 5.32 Å². The maximum atomic E-state index is 11.7. The van der Waals surface area contributed by atoms with Gasteiger partial charge in [-0.2, -0.15) is 0 Å². The highest BCUT2D eigenvalue weighted by Gasteiger charge is 2.49. The monoisotopic (exact) mass is 182 g/mol. The lowest BCUT2D eigenvalue weighted by Gasteiger charge is -2.14. The van der Waals surface area contributed by atoms with Crippen LogP contribution in [0.5, 0.6) is 0 Å². The lowest BCUT2D eigenvalue weighted by Crippen LogP contribution is -2.35. The quantitative estimate of drug-likeness (QED) is 0.591. The Bertz CT molecular complexity index is 230. The zero-order valence-corrected chi connectivity index (χ0v) is 7.75. The van der Waals surface area contributed by atoms with Gasteiger partial charge in [0.1, 0.15) is 0 Å². The number of carbonyl (C=O) groups is 2. The Morgan fingerprint density at radius 2 is 1.85 bits per heavy atom. The van der Waals surface area contributed by atoms with Crippen molar-refractivity contribution in [2.45, 2.75) is 13.3 Å². The van der Waals surface area contributed by atoms with Crippen LogP contribution in [0.15, 0.2) is 0 Å². The smallest absolute Gasteiger partial charge is 0.234 e. The molecule has 0 saturated carbocycles. The summed E-state index contributed by atoms with van der Waals surface area (Å²) in [4.78, 5) is 24.7. The molecule has 0 spiro atoms. The molecule has 0 aliphatic carbocycles. The molecular weight excluding hydrogens is 168 g/mol. The minimum Gasteiger partial charge on any atom is -0.315 e. The van der Waals surface area contributed by atoms with Crippen LogP contribution in [0.3, 0.4) is 0 Å². The number of rotatable bonds is 2. The Labute approximate surface area is 77.3 Å². The minimum absolute atomic E-state index is 0.0295. The normalized spacial score (nSPS) is 32.8. The molecule has 2 saturated heterocycles. The Morgan fingerprint density at radius 3 is 2.31 bits per heavy atom. The molecular formula is C9H14N2O2. The second kappa shape index (κ2) is 3.10. The number of imide groups is 1. The van der Waals surface area contributed by atoms with Crippen LogP contribution in [0.1, 0.15) is 13.3 Å². The third-order valence-electron chi connectivity index (χ3n) is 2.83. The number of hydrogen-bond donors (Lipinski definition) is 1. The largest absolute Gasteiger partial charge is 0.315 e. The van der Waals surface area contributed by atoms with Gasteiger partial charge in [0.25, 0.3) is 0 Å². The predicted molar refractivity (Wildman–Crippen MR) is 46.9 cm³/mol. The Kier molecular flexibility index (Phi) is 2.07. The van der Waals surface area contributed by atoms with Gasteiger partial charge >= 0.3 is 0 Å². The van der Waals surface area contributed by atoms with Crippen molar-refractivity contribution in [2.75, 3.05) is 19.6 Å². The van der Waals surface area contributed by atoms with E-state index in [1.807, 2.05) is 6.92 Å². The maximum Gasteiger partial charge on any atom is 0.234 e. The van der Waals surface area contributed by atoms with Crippen molar-refractivity contribution in [3.63, 3.8) is 0 Å². The number of carbonyl (C=O) groups excluding carboxylic acids is 2. The van der Waals surface area contributed by atoms with Crippen LogP contribution < -0.4 is 5.32 Å². The van der Waals surface area contributed by atoms with Crippen molar-refractivity contribution in [1.82, 2.24) is 10.2 Å². The summed E-state index contributed by atoms with van der Waals surface area (Å²) in [6, 6.07) is 0. The van der Waals surface area contributed by atoms with Gasteiger partial charge < -0.3 is 5.32 Å². The zero-order chi connectivity index (χ0) is 9.42. The van der Waals surface area contributed by atoms with Crippen molar-refractivity contribution >= 4 is 11.8 Å². The summed E-state index contributed by atoms with van der Waals surface area (Å²) in [5.41, 5.74) is 0. The van der Waals surface area contributed by atoms with Crippen LogP contribution in [0.2, 0.25) is 0 Å². The lowest BCUT2D eigenvalue weighted by atomic mass is 10.00. The predicted octanol–water partition coefficient (Wildman–Crippen LogP) is -0.399. The average molecular weight is 182 g/mol. The van der Waals surface area contributed by atoms with Gasteiger partial charge in [-0.25, -0.2) is 0 Å². The van der Waals surface area contributed by atoms with Crippen LogP contribution >= 0.6 is 0 Å². The molecule has 2 fully saturated rings. The molecule has 2 aliphatic rings. The highest BCUT2D eigenvalue weighted by Crippen LogP contribution is 2.28. The van der Waals surface area contributed by atoms with Crippen molar-refractivity contribution in [3.05, 3.63) is 0 Å².